The summed E-state index contributed by atoms with van der Waals surface area (Å²) < 4.78 is 0. The van der Waals surface area contributed by atoms with Gasteiger partial charge in [-0.05, 0) is 59.4 Å². The van der Waals surface area contributed by atoms with E-state index in [0.717, 1.165) is 78.5 Å². The van der Waals surface area contributed by atoms with Crippen LogP contribution in [0.2, 0.25) is 0 Å². The number of amides is 1. The largest absolute Gasteiger partial charge is 0.478 e. The second kappa shape index (κ2) is 10.6. The Labute approximate surface area is 224 Å². The van der Waals surface area contributed by atoms with Crippen molar-refractivity contribution in [2.24, 2.45) is 0 Å². The van der Waals surface area contributed by atoms with Crippen molar-refractivity contribution >= 4 is 33.4 Å². The molecular formula is C34H35NO3. The quantitative estimate of drug-likeness (QED) is 0.296. The Hall–Kier alpha value is -3.66. The fourth-order valence-corrected chi connectivity index (χ4v) is 6.93. The van der Waals surface area contributed by atoms with Crippen LogP contribution in [0.25, 0.3) is 32.7 Å². The minimum Gasteiger partial charge on any atom is -0.478 e. The number of carbonyl (C=O) groups is 2. The Kier molecular flexibility index (Phi) is 6.88. The Morgan fingerprint density at radius 3 is 1.53 bits per heavy atom. The molecule has 0 bridgehead atoms. The fraction of sp³-hybridized carbons (Fsp3) is 0.353. The standard InChI is InChI=1S/C34H35NO3/c36-33(35(25-13-3-1-4-14-25)26-15-5-2-6-16-26)29-21-19-23-11-7-9-17-27(23)31(29)32-28-18-10-8-12-24(28)20-22-30(32)34(37)38/h7-12,17-22,25-26H,1-6,13-16H2,(H,37,38). The summed E-state index contributed by atoms with van der Waals surface area (Å²) in [4.78, 5) is 29.6. The van der Waals surface area contributed by atoms with Crippen molar-refractivity contribution in [1.82, 2.24) is 4.90 Å². The van der Waals surface area contributed by atoms with Crippen LogP contribution in [0.3, 0.4) is 0 Å². The molecule has 1 N–H and O–H groups in total. The van der Waals surface area contributed by atoms with Crippen LogP contribution in [-0.2, 0) is 0 Å². The van der Waals surface area contributed by atoms with E-state index < -0.39 is 5.97 Å². The summed E-state index contributed by atoms with van der Waals surface area (Å²) in [6.07, 6.45) is 11.4. The molecule has 38 heavy (non-hydrogen) atoms. The molecule has 0 saturated heterocycles. The summed E-state index contributed by atoms with van der Waals surface area (Å²) in [5.74, 6) is -0.915. The first-order valence-electron chi connectivity index (χ1n) is 14.2. The van der Waals surface area contributed by atoms with Gasteiger partial charge in [-0.25, -0.2) is 4.79 Å². The van der Waals surface area contributed by atoms with Crippen molar-refractivity contribution < 1.29 is 14.7 Å². The molecule has 194 valence electrons. The number of aromatic carboxylic acids is 1. The van der Waals surface area contributed by atoms with Gasteiger partial charge in [0, 0.05) is 28.8 Å². The maximum absolute atomic E-state index is 14.8. The highest BCUT2D eigenvalue weighted by Crippen LogP contribution is 2.41. The molecule has 0 heterocycles. The molecule has 4 heteroatoms. The van der Waals surface area contributed by atoms with Crippen molar-refractivity contribution in [2.75, 3.05) is 0 Å². The third-order valence-electron chi connectivity index (χ3n) is 8.74. The SMILES string of the molecule is O=C(O)c1ccc2ccccc2c1-c1c(C(=O)N(C2CCCCC2)C2CCCCC2)ccc2ccccc12. The van der Waals surface area contributed by atoms with E-state index in [0.29, 0.717) is 11.1 Å². The van der Waals surface area contributed by atoms with E-state index in [-0.39, 0.29) is 23.6 Å². The lowest BCUT2D eigenvalue weighted by Gasteiger charge is -2.42. The van der Waals surface area contributed by atoms with Crippen molar-refractivity contribution in [1.29, 1.82) is 0 Å². The molecule has 0 unspecified atom stereocenters. The van der Waals surface area contributed by atoms with Gasteiger partial charge in [-0.2, -0.15) is 0 Å². The van der Waals surface area contributed by atoms with Gasteiger partial charge in [0.15, 0.2) is 0 Å². The van der Waals surface area contributed by atoms with Crippen LogP contribution in [0.5, 0.6) is 0 Å². The summed E-state index contributed by atoms with van der Waals surface area (Å²) in [7, 11) is 0. The number of carbonyl (C=O) groups excluding carboxylic acids is 1. The van der Waals surface area contributed by atoms with Gasteiger partial charge >= 0.3 is 5.97 Å². The highest BCUT2D eigenvalue weighted by molar-refractivity contribution is 6.18. The Morgan fingerprint density at radius 1 is 0.579 bits per heavy atom. The molecule has 2 aliphatic rings. The van der Waals surface area contributed by atoms with E-state index in [2.05, 4.69) is 4.90 Å². The van der Waals surface area contributed by atoms with Crippen molar-refractivity contribution in [3.63, 3.8) is 0 Å². The van der Waals surface area contributed by atoms with Crippen LogP contribution in [-0.4, -0.2) is 34.0 Å². The van der Waals surface area contributed by atoms with Crippen LogP contribution in [0.4, 0.5) is 0 Å². The molecule has 2 fully saturated rings. The average Bonchev–Trinajstić information content (AvgIpc) is 2.97. The van der Waals surface area contributed by atoms with Crippen LogP contribution in [0.15, 0.2) is 72.8 Å². The zero-order valence-corrected chi connectivity index (χ0v) is 21.9. The second-order valence-electron chi connectivity index (χ2n) is 11.0. The number of carboxylic acids is 1. The number of hydrogen-bond acceptors (Lipinski definition) is 2. The number of nitrogens with zero attached hydrogens (tertiary/aromatic N) is 1. The second-order valence-corrected chi connectivity index (χ2v) is 11.0. The third-order valence-corrected chi connectivity index (χ3v) is 8.74. The first-order valence-corrected chi connectivity index (χ1v) is 14.2. The van der Waals surface area contributed by atoms with E-state index in [4.69, 9.17) is 0 Å². The van der Waals surface area contributed by atoms with Crippen molar-refractivity contribution in [2.45, 2.75) is 76.3 Å². The number of benzene rings is 4. The van der Waals surface area contributed by atoms with Gasteiger partial charge < -0.3 is 10.0 Å². The summed E-state index contributed by atoms with van der Waals surface area (Å²) in [5, 5.41) is 14.1. The lowest BCUT2D eigenvalue weighted by Crippen LogP contribution is -2.49. The fourth-order valence-electron chi connectivity index (χ4n) is 6.93. The van der Waals surface area contributed by atoms with Gasteiger partial charge in [0.25, 0.3) is 5.91 Å². The van der Waals surface area contributed by atoms with Crippen LogP contribution in [0.1, 0.15) is 84.9 Å². The highest BCUT2D eigenvalue weighted by Gasteiger charge is 2.35. The summed E-state index contributed by atoms with van der Waals surface area (Å²) >= 11 is 0. The van der Waals surface area contributed by atoms with E-state index >= 15 is 0 Å². The van der Waals surface area contributed by atoms with Gasteiger partial charge in [0.1, 0.15) is 0 Å². The Balaban J connectivity index is 1.61. The molecule has 4 aromatic rings. The lowest BCUT2D eigenvalue weighted by molar-refractivity contribution is 0.0449. The number of fused-ring (bicyclic) bond motifs is 2. The minimum atomic E-state index is -0.978. The van der Waals surface area contributed by atoms with Crippen molar-refractivity contribution in [3.05, 3.63) is 83.9 Å². The van der Waals surface area contributed by atoms with Gasteiger partial charge in [-0.15, -0.1) is 0 Å². The topological polar surface area (TPSA) is 57.6 Å². The molecular weight excluding hydrogens is 470 g/mol. The maximum atomic E-state index is 14.8. The summed E-state index contributed by atoms with van der Waals surface area (Å²) in [6, 6.07) is 24.0. The van der Waals surface area contributed by atoms with E-state index in [1.165, 1.54) is 12.8 Å². The smallest absolute Gasteiger partial charge is 0.336 e. The molecule has 6 rings (SSSR count). The molecule has 0 radical (unpaired) electrons. The maximum Gasteiger partial charge on any atom is 0.336 e. The zero-order chi connectivity index (χ0) is 26.1. The monoisotopic (exact) mass is 505 g/mol. The lowest BCUT2D eigenvalue weighted by atomic mass is 9.84. The van der Waals surface area contributed by atoms with Gasteiger partial charge in [-0.3, -0.25) is 4.79 Å². The molecule has 2 saturated carbocycles. The van der Waals surface area contributed by atoms with Crippen molar-refractivity contribution in [3.8, 4) is 11.1 Å². The predicted octanol–water partition coefficient (Wildman–Crippen LogP) is 8.47. The molecule has 4 nitrogen and oxygen atoms in total. The van der Waals surface area contributed by atoms with E-state index in [1.54, 1.807) is 6.07 Å². The average molecular weight is 506 g/mol. The van der Waals surface area contributed by atoms with Gasteiger partial charge in [-0.1, -0.05) is 99.2 Å². The Morgan fingerprint density at radius 2 is 1.03 bits per heavy atom. The third kappa shape index (κ3) is 4.47. The molecule has 2 aliphatic carbocycles. The van der Waals surface area contributed by atoms with Gasteiger partial charge in [0.05, 0.1) is 5.56 Å². The van der Waals surface area contributed by atoms with Crippen LogP contribution >= 0.6 is 0 Å². The summed E-state index contributed by atoms with van der Waals surface area (Å²) in [5.41, 5.74) is 2.25. The minimum absolute atomic E-state index is 0.0637. The number of rotatable bonds is 5. The normalized spacial score (nSPS) is 17.1. The number of hydrogen-bond donors (Lipinski definition) is 1. The Bertz CT molecular complexity index is 1480. The number of carboxylic acid groups (broad SMARTS) is 1. The molecule has 0 spiro atoms. The molecule has 0 aromatic heterocycles. The first-order chi connectivity index (χ1) is 18.6. The molecule has 4 aromatic carbocycles. The molecule has 0 aliphatic heterocycles. The summed E-state index contributed by atoms with van der Waals surface area (Å²) in [6.45, 7) is 0. The van der Waals surface area contributed by atoms with Gasteiger partial charge in [0.2, 0.25) is 0 Å². The predicted molar refractivity (Wildman–Crippen MR) is 154 cm³/mol. The van der Waals surface area contributed by atoms with E-state index in [1.807, 2.05) is 66.7 Å². The highest BCUT2D eigenvalue weighted by atomic mass is 16.4. The zero-order valence-electron chi connectivity index (χ0n) is 21.9. The van der Waals surface area contributed by atoms with E-state index in [9.17, 15) is 14.7 Å². The first kappa shape index (κ1) is 24.7. The molecule has 1 amide bonds. The van der Waals surface area contributed by atoms with Crippen LogP contribution in [0, 0.1) is 0 Å². The molecule has 0 atom stereocenters. The van der Waals surface area contributed by atoms with Crippen LogP contribution < -0.4 is 0 Å².